The highest BCUT2D eigenvalue weighted by Gasteiger charge is 2.17. The summed E-state index contributed by atoms with van der Waals surface area (Å²) in [5, 5.41) is 11.0. The summed E-state index contributed by atoms with van der Waals surface area (Å²) in [5.41, 5.74) is 11.9. The first-order chi connectivity index (χ1) is 10.1. The van der Waals surface area contributed by atoms with E-state index in [1.165, 1.54) is 0 Å². The molecule has 4 N–H and O–H groups in total. The Balaban J connectivity index is 1.70. The van der Waals surface area contributed by atoms with E-state index in [-0.39, 0.29) is 30.7 Å². The van der Waals surface area contributed by atoms with Crippen molar-refractivity contribution in [3.8, 4) is 11.5 Å². The van der Waals surface area contributed by atoms with Crippen molar-refractivity contribution in [2.75, 3.05) is 12.5 Å². The zero-order valence-corrected chi connectivity index (χ0v) is 11.3. The Morgan fingerprint density at radius 3 is 2.81 bits per heavy atom. The number of nitrogen functional groups attached to an aromatic ring is 1. The van der Waals surface area contributed by atoms with E-state index in [0.717, 1.165) is 0 Å². The molecule has 0 saturated carbocycles. The van der Waals surface area contributed by atoms with E-state index in [4.69, 9.17) is 37.4 Å². The number of nitrogens with zero attached hydrogens (tertiary/aromatic N) is 3. The minimum absolute atomic E-state index is 0.0287. The third-order valence-corrected chi connectivity index (χ3v) is 3.03. The second kappa shape index (κ2) is 5.37. The predicted octanol–water partition coefficient (Wildman–Crippen LogP) is 0.871. The number of aromatic nitrogens is 2. The minimum atomic E-state index is -0.0504. The predicted molar refractivity (Wildman–Crippen MR) is 71.8 cm³/mol. The number of benzene rings is 1. The highest BCUT2D eigenvalue weighted by molar-refractivity contribution is 6.31. The van der Waals surface area contributed by atoms with Crippen molar-refractivity contribution >= 4 is 23.3 Å². The van der Waals surface area contributed by atoms with Crippen LogP contribution in [0.1, 0.15) is 11.3 Å². The number of hydrogen-bond donors (Lipinski definition) is 2. The number of hydrogen-bond acceptors (Lipinski definition) is 8. The Hall–Kier alpha value is -2.68. The summed E-state index contributed by atoms with van der Waals surface area (Å²) in [6.45, 7) is 0.251. The van der Waals surface area contributed by atoms with Crippen LogP contribution in [0.2, 0.25) is 5.02 Å². The number of nitrogens with two attached hydrogens (primary N) is 2. The minimum Gasteiger partial charge on any atom is -0.454 e. The Bertz CT molecular complexity index is 702. The average Bonchev–Trinajstić information content (AvgIpc) is 3.07. The fraction of sp³-hybridized carbons (Fsp3) is 0.182. The molecule has 0 radical (unpaired) electrons. The number of halogens is 1. The first-order valence-corrected chi connectivity index (χ1v) is 6.15. The molecule has 2 aromatic rings. The Morgan fingerprint density at radius 1 is 1.33 bits per heavy atom. The molecule has 0 saturated heterocycles. The highest BCUT2D eigenvalue weighted by Crippen LogP contribution is 2.36. The number of oxime groups is 1. The molecule has 0 aliphatic carbocycles. The second-order valence-electron chi connectivity index (χ2n) is 4.04. The average molecular weight is 312 g/mol. The van der Waals surface area contributed by atoms with Gasteiger partial charge < -0.3 is 25.8 Å². The number of fused-ring (bicyclic) bond motifs is 1. The molecule has 3 rings (SSSR count). The molecule has 1 aromatic heterocycles. The van der Waals surface area contributed by atoms with Crippen LogP contribution in [-0.2, 0) is 11.4 Å². The summed E-state index contributed by atoms with van der Waals surface area (Å²) < 4.78 is 14.9. The van der Waals surface area contributed by atoms with Crippen molar-refractivity contribution in [3.63, 3.8) is 0 Å². The van der Waals surface area contributed by atoms with Crippen molar-refractivity contribution < 1.29 is 18.9 Å². The summed E-state index contributed by atoms with van der Waals surface area (Å²) in [6.07, 6.45) is 0. The van der Waals surface area contributed by atoms with Crippen LogP contribution in [0.4, 0.5) is 5.82 Å². The van der Waals surface area contributed by atoms with Gasteiger partial charge in [0.05, 0.1) is 5.02 Å². The van der Waals surface area contributed by atoms with Gasteiger partial charge in [0, 0.05) is 11.6 Å². The van der Waals surface area contributed by atoms with E-state index in [2.05, 4.69) is 20.1 Å². The van der Waals surface area contributed by atoms with Gasteiger partial charge in [-0.15, -0.1) is 0 Å². The van der Waals surface area contributed by atoms with Gasteiger partial charge in [-0.1, -0.05) is 16.8 Å². The largest absolute Gasteiger partial charge is 0.454 e. The van der Waals surface area contributed by atoms with Crippen LogP contribution in [0.25, 0.3) is 0 Å². The fourth-order valence-corrected chi connectivity index (χ4v) is 1.87. The van der Waals surface area contributed by atoms with Crippen molar-refractivity contribution in [1.82, 2.24) is 10.3 Å². The quantitative estimate of drug-likeness (QED) is 0.483. The van der Waals surface area contributed by atoms with Crippen LogP contribution in [-0.4, -0.2) is 22.9 Å². The maximum atomic E-state index is 6.10. The number of rotatable bonds is 4. The zero-order valence-electron chi connectivity index (χ0n) is 10.6. The maximum Gasteiger partial charge on any atom is 0.231 e. The monoisotopic (exact) mass is 311 g/mol. The molecule has 0 unspecified atom stereocenters. The van der Waals surface area contributed by atoms with Crippen LogP contribution in [0.3, 0.4) is 0 Å². The summed E-state index contributed by atoms with van der Waals surface area (Å²) in [6, 6.07) is 3.36. The molecule has 0 bridgehead atoms. The van der Waals surface area contributed by atoms with E-state index in [1.54, 1.807) is 12.1 Å². The second-order valence-corrected chi connectivity index (χ2v) is 4.45. The lowest BCUT2D eigenvalue weighted by Crippen LogP contribution is -2.16. The number of anilines is 1. The molecule has 2 heterocycles. The molecule has 0 spiro atoms. The van der Waals surface area contributed by atoms with Crippen LogP contribution in [0, 0.1) is 0 Å². The Kier molecular flexibility index (Phi) is 3.40. The topological polar surface area (TPSA) is 131 Å². The molecule has 1 aliphatic rings. The highest BCUT2D eigenvalue weighted by atomic mass is 35.5. The van der Waals surface area contributed by atoms with E-state index >= 15 is 0 Å². The van der Waals surface area contributed by atoms with Crippen molar-refractivity contribution in [2.24, 2.45) is 10.9 Å². The van der Waals surface area contributed by atoms with Gasteiger partial charge in [0.15, 0.2) is 28.8 Å². The summed E-state index contributed by atoms with van der Waals surface area (Å²) in [7, 11) is 0. The van der Waals surface area contributed by atoms with Crippen LogP contribution in [0.5, 0.6) is 11.5 Å². The van der Waals surface area contributed by atoms with Crippen LogP contribution < -0.4 is 20.9 Å². The Labute approximate surface area is 123 Å². The smallest absolute Gasteiger partial charge is 0.231 e. The van der Waals surface area contributed by atoms with Crippen LogP contribution in [0.15, 0.2) is 21.9 Å². The first-order valence-electron chi connectivity index (χ1n) is 5.77. The van der Waals surface area contributed by atoms with Crippen molar-refractivity contribution in [1.29, 1.82) is 0 Å². The Morgan fingerprint density at radius 2 is 2.10 bits per heavy atom. The maximum absolute atomic E-state index is 6.10. The molecular formula is C11H10ClN5O4. The molecule has 0 amide bonds. The van der Waals surface area contributed by atoms with Crippen molar-refractivity contribution in [3.05, 3.63) is 28.4 Å². The van der Waals surface area contributed by atoms with E-state index in [1.807, 2.05) is 0 Å². The molecule has 0 fully saturated rings. The summed E-state index contributed by atoms with van der Waals surface area (Å²) in [5.74, 6) is 1.17. The lowest BCUT2D eigenvalue weighted by atomic mass is 10.2. The normalized spacial score (nSPS) is 13.5. The molecule has 0 atom stereocenters. The molecule has 10 heteroatoms. The van der Waals surface area contributed by atoms with E-state index < -0.39 is 0 Å². The molecule has 21 heavy (non-hydrogen) atoms. The van der Waals surface area contributed by atoms with Gasteiger partial charge in [0.2, 0.25) is 6.79 Å². The standard InChI is InChI=1S/C11H10ClN5O4/c12-6-2-8-7(18-4-19-8)1-5(6)3-20-16-10(13)9-11(14)17-21-15-9/h1-2H,3-4H2,(H2,13,16)(H2,14,17). The lowest BCUT2D eigenvalue weighted by molar-refractivity contribution is 0.130. The SMILES string of the molecule is N/C(=N/OCc1cc2c(cc1Cl)OCO2)c1nonc1N. The number of amidine groups is 1. The molecule has 9 nitrogen and oxygen atoms in total. The lowest BCUT2D eigenvalue weighted by Gasteiger charge is -2.05. The summed E-state index contributed by atoms with van der Waals surface area (Å²) in [4.78, 5) is 5.12. The van der Waals surface area contributed by atoms with E-state index in [0.29, 0.717) is 22.1 Å². The molecule has 110 valence electrons. The third-order valence-electron chi connectivity index (χ3n) is 2.68. The number of ether oxygens (including phenoxy) is 2. The fourth-order valence-electron chi connectivity index (χ4n) is 1.66. The first kappa shape index (κ1) is 13.3. The molecule has 1 aliphatic heterocycles. The molecule has 1 aromatic carbocycles. The van der Waals surface area contributed by atoms with Gasteiger partial charge >= 0.3 is 0 Å². The van der Waals surface area contributed by atoms with E-state index in [9.17, 15) is 0 Å². The zero-order chi connectivity index (χ0) is 14.8. The third kappa shape index (κ3) is 2.63. The van der Waals surface area contributed by atoms with Gasteiger partial charge in [-0.2, -0.15) is 0 Å². The van der Waals surface area contributed by atoms with Gasteiger partial charge in [0.25, 0.3) is 0 Å². The van der Waals surface area contributed by atoms with Gasteiger partial charge in [-0.3, -0.25) is 0 Å². The van der Waals surface area contributed by atoms with Crippen LogP contribution >= 0.6 is 11.6 Å². The van der Waals surface area contributed by atoms with Gasteiger partial charge in [-0.25, -0.2) is 4.63 Å². The van der Waals surface area contributed by atoms with Gasteiger partial charge in [-0.05, 0) is 16.4 Å². The molecular weight excluding hydrogens is 302 g/mol. The van der Waals surface area contributed by atoms with Crippen molar-refractivity contribution in [2.45, 2.75) is 6.61 Å². The summed E-state index contributed by atoms with van der Waals surface area (Å²) >= 11 is 6.10. The van der Waals surface area contributed by atoms with Gasteiger partial charge in [0.1, 0.15) is 6.61 Å².